The molecule has 0 aliphatic heterocycles. The average Bonchev–Trinajstić information content (AvgIpc) is 2.82. The minimum absolute atomic E-state index is 0.446. The molecule has 0 aliphatic rings. The Morgan fingerprint density at radius 2 is 1.95 bits per heavy atom. The number of thiol groups is 1. The molecule has 0 saturated carbocycles. The molecule has 94 valence electrons. The first-order valence-electron chi connectivity index (χ1n) is 5.43. The molecule has 0 N–H and O–H groups in total. The van der Waals surface area contributed by atoms with E-state index >= 15 is 0 Å². The van der Waals surface area contributed by atoms with Crippen LogP contribution in [-0.4, -0.2) is 24.7 Å². The third-order valence-corrected chi connectivity index (χ3v) is 3.16. The highest BCUT2D eigenvalue weighted by Crippen LogP contribution is 2.27. The molecule has 3 aromatic rings. The normalized spacial score (nSPS) is 10.6. The molecule has 2 aromatic heterocycles. The van der Waals surface area contributed by atoms with Gasteiger partial charge in [0.15, 0.2) is 11.0 Å². The Hall–Kier alpha value is -1.92. The summed E-state index contributed by atoms with van der Waals surface area (Å²) in [7, 11) is 0. The van der Waals surface area contributed by atoms with Gasteiger partial charge in [0.25, 0.3) is 0 Å². The van der Waals surface area contributed by atoms with Gasteiger partial charge in [0, 0.05) is 6.20 Å². The van der Waals surface area contributed by atoms with Crippen LogP contribution in [-0.2, 0) is 0 Å². The molecule has 0 atom stereocenters. The lowest BCUT2D eigenvalue weighted by Gasteiger charge is -2.09. The Morgan fingerprint density at radius 1 is 1.11 bits per heavy atom. The van der Waals surface area contributed by atoms with Gasteiger partial charge in [-0.25, -0.2) is 9.97 Å². The molecular weight excluding hydrogens is 282 g/mol. The Labute approximate surface area is 119 Å². The van der Waals surface area contributed by atoms with Crippen LogP contribution in [0.15, 0.2) is 48.0 Å². The molecule has 2 heterocycles. The molecule has 1 aromatic carbocycles. The van der Waals surface area contributed by atoms with Gasteiger partial charge in [-0.15, -0.1) is 22.8 Å². The zero-order valence-corrected chi connectivity index (χ0v) is 11.3. The minimum atomic E-state index is 0.446. The zero-order valence-electron chi connectivity index (χ0n) is 9.60. The maximum Gasteiger partial charge on any atom is 0.193 e. The van der Waals surface area contributed by atoms with Gasteiger partial charge in [0.05, 0.1) is 10.7 Å². The number of aromatic nitrogens is 5. The SMILES string of the molecule is Sc1nnc(-c2ccncn2)n1-c1ccccc1Cl. The van der Waals surface area contributed by atoms with Gasteiger partial charge in [0.2, 0.25) is 0 Å². The lowest BCUT2D eigenvalue weighted by molar-refractivity contribution is 0.891. The summed E-state index contributed by atoms with van der Waals surface area (Å²) in [5.74, 6) is 0.570. The standard InChI is InChI=1S/C12H8ClN5S/c13-8-3-1-2-4-10(8)18-11(16-17-12(18)19)9-5-6-14-7-15-9/h1-7H,(H,17,19). The summed E-state index contributed by atoms with van der Waals surface area (Å²) < 4.78 is 1.74. The molecule has 0 radical (unpaired) electrons. The lowest BCUT2D eigenvalue weighted by Crippen LogP contribution is -2.00. The van der Waals surface area contributed by atoms with Crippen molar-refractivity contribution in [3.8, 4) is 17.2 Å². The zero-order chi connectivity index (χ0) is 13.2. The first-order valence-corrected chi connectivity index (χ1v) is 6.25. The average molecular weight is 290 g/mol. The Balaban J connectivity index is 2.23. The summed E-state index contributed by atoms with van der Waals surface area (Å²) in [4.78, 5) is 8.05. The van der Waals surface area contributed by atoms with Crippen LogP contribution in [0.1, 0.15) is 0 Å². The Morgan fingerprint density at radius 3 is 2.68 bits per heavy atom. The van der Waals surface area contributed by atoms with Crippen molar-refractivity contribution in [1.29, 1.82) is 0 Å². The third kappa shape index (κ3) is 2.20. The highest BCUT2D eigenvalue weighted by molar-refractivity contribution is 7.80. The van der Waals surface area contributed by atoms with Crippen LogP contribution in [0.25, 0.3) is 17.2 Å². The number of nitrogens with zero attached hydrogens (tertiary/aromatic N) is 5. The monoisotopic (exact) mass is 289 g/mol. The van der Waals surface area contributed by atoms with E-state index in [1.165, 1.54) is 6.33 Å². The largest absolute Gasteiger partial charge is 0.267 e. The molecule has 19 heavy (non-hydrogen) atoms. The summed E-state index contributed by atoms with van der Waals surface area (Å²) in [6.07, 6.45) is 3.10. The van der Waals surface area contributed by atoms with Crippen LogP contribution in [0.2, 0.25) is 5.02 Å². The van der Waals surface area contributed by atoms with Crippen LogP contribution >= 0.6 is 24.2 Å². The van der Waals surface area contributed by atoms with E-state index in [0.29, 0.717) is 21.7 Å². The summed E-state index contributed by atoms with van der Waals surface area (Å²) in [5, 5.41) is 9.10. The van der Waals surface area contributed by atoms with Gasteiger partial charge >= 0.3 is 0 Å². The molecule has 0 saturated heterocycles. The lowest BCUT2D eigenvalue weighted by atomic mass is 10.3. The predicted molar refractivity (Wildman–Crippen MR) is 74.6 cm³/mol. The van der Waals surface area contributed by atoms with Crippen LogP contribution < -0.4 is 0 Å². The van der Waals surface area contributed by atoms with Crippen molar-refractivity contribution in [1.82, 2.24) is 24.7 Å². The molecule has 3 rings (SSSR count). The highest BCUT2D eigenvalue weighted by atomic mass is 35.5. The highest BCUT2D eigenvalue weighted by Gasteiger charge is 2.15. The second-order valence-corrected chi connectivity index (χ2v) is 4.51. The second kappa shape index (κ2) is 4.99. The summed E-state index contributed by atoms with van der Waals surface area (Å²) in [6.45, 7) is 0. The molecule has 0 amide bonds. The quantitative estimate of drug-likeness (QED) is 0.737. The van der Waals surface area contributed by atoms with Crippen molar-refractivity contribution in [3.05, 3.63) is 47.9 Å². The maximum absolute atomic E-state index is 6.20. The van der Waals surface area contributed by atoms with E-state index in [9.17, 15) is 0 Å². The fraction of sp³-hybridized carbons (Fsp3) is 0. The smallest absolute Gasteiger partial charge is 0.193 e. The number of benzene rings is 1. The molecule has 5 nitrogen and oxygen atoms in total. The number of halogens is 1. The topological polar surface area (TPSA) is 56.5 Å². The molecule has 0 fully saturated rings. The van der Waals surface area contributed by atoms with Crippen molar-refractivity contribution in [2.75, 3.05) is 0 Å². The van der Waals surface area contributed by atoms with Crippen molar-refractivity contribution in [2.24, 2.45) is 0 Å². The Kier molecular flexibility index (Phi) is 3.18. The van der Waals surface area contributed by atoms with Gasteiger partial charge in [-0.2, -0.15) is 0 Å². The molecule has 0 bridgehead atoms. The van der Waals surface area contributed by atoms with E-state index < -0.39 is 0 Å². The van der Waals surface area contributed by atoms with E-state index in [1.54, 1.807) is 22.9 Å². The number of hydrogen-bond acceptors (Lipinski definition) is 5. The molecule has 7 heteroatoms. The first kappa shape index (κ1) is 12.1. The number of hydrogen-bond donors (Lipinski definition) is 1. The molecule has 0 aliphatic carbocycles. The van der Waals surface area contributed by atoms with Gasteiger partial charge in [0.1, 0.15) is 12.0 Å². The summed E-state index contributed by atoms with van der Waals surface area (Å²) in [5.41, 5.74) is 1.41. The summed E-state index contributed by atoms with van der Waals surface area (Å²) >= 11 is 10.5. The van der Waals surface area contributed by atoms with E-state index in [1.807, 2.05) is 18.2 Å². The van der Waals surface area contributed by atoms with Crippen LogP contribution in [0.4, 0.5) is 0 Å². The molecule has 0 spiro atoms. The van der Waals surface area contributed by atoms with Gasteiger partial charge in [-0.1, -0.05) is 23.7 Å². The Bertz CT molecular complexity index is 713. The van der Waals surface area contributed by atoms with Crippen molar-refractivity contribution >= 4 is 24.2 Å². The minimum Gasteiger partial charge on any atom is -0.267 e. The molecular formula is C12H8ClN5S. The molecule has 0 unspecified atom stereocenters. The van der Waals surface area contributed by atoms with Crippen LogP contribution in [0.5, 0.6) is 0 Å². The van der Waals surface area contributed by atoms with Crippen molar-refractivity contribution in [2.45, 2.75) is 5.16 Å². The van der Waals surface area contributed by atoms with E-state index in [2.05, 4.69) is 32.8 Å². The number of para-hydroxylation sites is 1. The number of rotatable bonds is 2. The fourth-order valence-corrected chi connectivity index (χ4v) is 2.19. The van der Waals surface area contributed by atoms with Crippen LogP contribution in [0.3, 0.4) is 0 Å². The van der Waals surface area contributed by atoms with E-state index in [-0.39, 0.29) is 0 Å². The second-order valence-electron chi connectivity index (χ2n) is 3.71. The van der Waals surface area contributed by atoms with E-state index in [4.69, 9.17) is 11.6 Å². The van der Waals surface area contributed by atoms with E-state index in [0.717, 1.165) is 5.69 Å². The van der Waals surface area contributed by atoms with Gasteiger partial charge in [-0.3, -0.25) is 4.57 Å². The third-order valence-electron chi connectivity index (χ3n) is 2.55. The van der Waals surface area contributed by atoms with Gasteiger partial charge < -0.3 is 0 Å². The maximum atomic E-state index is 6.20. The van der Waals surface area contributed by atoms with Gasteiger partial charge in [-0.05, 0) is 18.2 Å². The predicted octanol–water partition coefficient (Wildman–Crippen LogP) is 2.67. The fourth-order valence-electron chi connectivity index (χ4n) is 1.72. The van der Waals surface area contributed by atoms with Crippen LogP contribution in [0, 0.1) is 0 Å². The summed E-state index contributed by atoms with van der Waals surface area (Å²) in [6, 6.07) is 9.17. The first-order chi connectivity index (χ1) is 9.27. The van der Waals surface area contributed by atoms with Crippen molar-refractivity contribution < 1.29 is 0 Å². The van der Waals surface area contributed by atoms with Crippen molar-refractivity contribution in [3.63, 3.8) is 0 Å².